The van der Waals surface area contributed by atoms with Crippen molar-refractivity contribution >= 4 is 12.1 Å². The number of hydrogen-bond acceptors (Lipinski definition) is 3. The maximum atomic E-state index is 12.5. The van der Waals surface area contributed by atoms with Crippen LogP contribution in [0, 0.1) is 11.8 Å². The number of aliphatic carboxylic acids is 1. The summed E-state index contributed by atoms with van der Waals surface area (Å²) in [5, 5.41) is 12.0. The molecular weight excluding hydrogens is 366 g/mol. The Morgan fingerprint density at radius 2 is 1.52 bits per heavy atom. The molecule has 0 spiro atoms. The quantitative estimate of drug-likeness (QED) is 0.656. The van der Waals surface area contributed by atoms with Gasteiger partial charge in [0.05, 0.1) is 5.92 Å². The molecule has 1 aliphatic carbocycles. The summed E-state index contributed by atoms with van der Waals surface area (Å²) in [7, 11) is 0. The molecule has 1 amide bonds. The molecule has 29 heavy (non-hydrogen) atoms. The van der Waals surface area contributed by atoms with Gasteiger partial charge in [0.1, 0.15) is 6.61 Å². The molecule has 0 fully saturated rings. The molecule has 5 nitrogen and oxygen atoms in total. The van der Waals surface area contributed by atoms with Crippen LogP contribution in [0.15, 0.2) is 48.5 Å². The molecule has 0 aromatic heterocycles. The van der Waals surface area contributed by atoms with E-state index in [0.717, 1.165) is 0 Å². The van der Waals surface area contributed by atoms with Crippen molar-refractivity contribution in [2.24, 2.45) is 11.8 Å². The van der Waals surface area contributed by atoms with Crippen molar-refractivity contribution in [1.29, 1.82) is 0 Å². The number of nitrogens with one attached hydrogen (secondary N) is 1. The van der Waals surface area contributed by atoms with Crippen LogP contribution in [-0.2, 0) is 9.53 Å². The lowest BCUT2D eigenvalue weighted by molar-refractivity contribution is -0.141. The number of carboxylic acids is 1. The van der Waals surface area contributed by atoms with E-state index in [1.807, 2.05) is 38.1 Å². The minimum absolute atomic E-state index is 0.0256. The van der Waals surface area contributed by atoms with Crippen LogP contribution in [0.2, 0.25) is 0 Å². The molecule has 0 heterocycles. The van der Waals surface area contributed by atoms with Crippen molar-refractivity contribution < 1.29 is 19.4 Å². The van der Waals surface area contributed by atoms with Gasteiger partial charge in [-0.2, -0.15) is 0 Å². The third-order valence-electron chi connectivity index (χ3n) is 5.78. The molecule has 0 radical (unpaired) electrons. The Morgan fingerprint density at radius 1 is 0.966 bits per heavy atom. The third-order valence-corrected chi connectivity index (χ3v) is 5.78. The molecule has 1 unspecified atom stereocenters. The fourth-order valence-electron chi connectivity index (χ4n) is 3.92. The van der Waals surface area contributed by atoms with Gasteiger partial charge in [-0.15, -0.1) is 0 Å². The van der Waals surface area contributed by atoms with Crippen molar-refractivity contribution in [3.63, 3.8) is 0 Å². The van der Waals surface area contributed by atoms with Crippen LogP contribution in [-0.4, -0.2) is 29.8 Å². The fraction of sp³-hybridized carbons (Fsp3) is 0.417. The third kappa shape index (κ3) is 4.78. The molecule has 2 aromatic rings. The van der Waals surface area contributed by atoms with Crippen molar-refractivity contribution in [3.05, 3.63) is 59.7 Å². The van der Waals surface area contributed by atoms with Gasteiger partial charge >= 0.3 is 12.1 Å². The number of carboxylic acid groups (broad SMARTS) is 1. The molecule has 2 atom stereocenters. The van der Waals surface area contributed by atoms with E-state index in [2.05, 4.69) is 29.6 Å². The second kappa shape index (κ2) is 9.12. The second-order valence-corrected chi connectivity index (χ2v) is 8.14. The van der Waals surface area contributed by atoms with E-state index in [-0.39, 0.29) is 24.5 Å². The van der Waals surface area contributed by atoms with Crippen LogP contribution in [0.1, 0.15) is 50.7 Å². The van der Waals surface area contributed by atoms with E-state index < -0.39 is 18.0 Å². The van der Waals surface area contributed by atoms with E-state index in [1.165, 1.54) is 22.3 Å². The lowest BCUT2D eigenvalue weighted by atomic mass is 9.95. The summed E-state index contributed by atoms with van der Waals surface area (Å²) in [5.74, 6) is -1.02. The highest BCUT2D eigenvalue weighted by atomic mass is 16.5. The number of amides is 1. The average Bonchev–Trinajstić information content (AvgIpc) is 3.03. The minimum Gasteiger partial charge on any atom is -0.481 e. The van der Waals surface area contributed by atoms with Gasteiger partial charge in [-0.3, -0.25) is 4.79 Å². The van der Waals surface area contributed by atoms with Crippen molar-refractivity contribution in [3.8, 4) is 11.1 Å². The summed E-state index contributed by atoms with van der Waals surface area (Å²) in [4.78, 5) is 23.5. The summed E-state index contributed by atoms with van der Waals surface area (Å²) in [6.45, 7) is 5.99. The maximum absolute atomic E-state index is 12.5. The molecule has 2 N–H and O–H groups in total. The zero-order valence-corrected chi connectivity index (χ0v) is 17.2. The molecule has 0 bridgehead atoms. The molecule has 0 saturated heterocycles. The SMILES string of the molecule is CC(C)C(CC[C@@H](C)C(=O)O)NC(=O)OCC1c2ccccc2-c2ccccc21. The number of carbonyl (C=O) groups is 2. The Kier molecular flexibility index (Phi) is 6.57. The smallest absolute Gasteiger partial charge is 0.407 e. The molecule has 0 saturated carbocycles. The van der Waals surface area contributed by atoms with Gasteiger partial charge < -0.3 is 15.2 Å². The average molecular weight is 395 g/mol. The predicted octanol–water partition coefficient (Wildman–Crippen LogP) is 5.05. The first-order chi connectivity index (χ1) is 13.9. The Labute approximate surface area is 172 Å². The Bertz CT molecular complexity index is 831. The van der Waals surface area contributed by atoms with E-state index in [4.69, 9.17) is 9.84 Å². The van der Waals surface area contributed by atoms with Crippen molar-refractivity contribution in [2.45, 2.75) is 45.6 Å². The first-order valence-electron chi connectivity index (χ1n) is 10.2. The topological polar surface area (TPSA) is 75.6 Å². The van der Waals surface area contributed by atoms with Gasteiger partial charge in [0.2, 0.25) is 0 Å². The highest BCUT2D eigenvalue weighted by molar-refractivity contribution is 5.79. The van der Waals surface area contributed by atoms with Crippen LogP contribution >= 0.6 is 0 Å². The van der Waals surface area contributed by atoms with E-state index in [9.17, 15) is 9.59 Å². The van der Waals surface area contributed by atoms with Crippen molar-refractivity contribution in [1.82, 2.24) is 5.32 Å². The Hall–Kier alpha value is -2.82. The standard InChI is InChI=1S/C24H29NO4/c1-15(2)22(13-12-16(3)23(26)27)25-24(28)29-14-21-19-10-6-4-8-17(19)18-9-5-7-11-20(18)21/h4-11,15-16,21-22H,12-14H2,1-3H3,(H,25,28)(H,26,27)/t16-,22?/m1/s1. The Balaban J connectivity index is 1.62. The number of ether oxygens (including phenoxy) is 1. The zero-order chi connectivity index (χ0) is 21.0. The first kappa shape index (κ1) is 20.9. The lowest BCUT2D eigenvalue weighted by Gasteiger charge is -2.23. The van der Waals surface area contributed by atoms with Crippen molar-refractivity contribution in [2.75, 3.05) is 6.61 Å². The van der Waals surface area contributed by atoms with Gasteiger partial charge in [-0.25, -0.2) is 4.79 Å². The number of rotatable bonds is 8. The first-order valence-corrected chi connectivity index (χ1v) is 10.2. The Morgan fingerprint density at radius 3 is 2.03 bits per heavy atom. The molecule has 5 heteroatoms. The van der Waals surface area contributed by atoms with Crippen LogP contribution in [0.5, 0.6) is 0 Å². The summed E-state index contributed by atoms with van der Waals surface area (Å²) in [6, 6.07) is 16.3. The highest BCUT2D eigenvalue weighted by Gasteiger charge is 2.29. The normalized spacial score (nSPS) is 14.8. The summed E-state index contributed by atoms with van der Waals surface area (Å²) >= 11 is 0. The van der Waals surface area contributed by atoms with Crippen LogP contribution in [0.3, 0.4) is 0 Å². The van der Waals surface area contributed by atoms with Gasteiger partial charge in [0, 0.05) is 12.0 Å². The van der Waals surface area contributed by atoms with Crippen LogP contribution < -0.4 is 5.32 Å². The highest BCUT2D eigenvalue weighted by Crippen LogP contribution is 2.44. The fourth-order valence-corrected chi connectivity index (χ4v) is 3.92. The molecule has 3 rings (SSSR count). The van der Waals surface area contributed by atoms with E-state index >= 15 is 0 Å². The zero-order valence-electron chi connectivity index (χ0n) is 17.2. The van der Waals surface area contributed by atoms with Gasteiger partial charge in [-0.05, 0) is 41.0 Å². The van der Waals surface area contributed by atoms with Gasteiger partial charge in [0.15, 0.2) is 0 Å². The molecule has 154 valence electrons. The monoisotopic (exact) mass is 395 g/mol. The number of hydrogen-bond donors (Lipinski definition) is 2. The van der Waals surface area contributed by atoms with E-state index in [1.54, 1.807) is 6.92 Å². The predicted molar refractivity (Wildman–Crippen MR) is 113 cm³/mol. The van der Waals surface area contributed by atoms with Gasteiger partial charge in [-0.1, -0.05) is 69.3 Å². The second-order valence-electron chi connectivity index (χ2n) is 8.14. The summed E-state index contributed by atoms with van der Waals surface area (Å²) < 4.78 is 5.61. The number of fused-ring (bicyclic) bond motifs is 3. The van der Waals surface area contributed by atoms with Crippen LogP contribution in [0.4, 0.5) is 4.79 Å². The minimum atomic E-state index is -0.811. The van der Waals surface area contributed by atoms with Gasteiger partial charge in [0.25, 0.3) is 0 Å². The molecular formula is C24H29NO4. The number of carbonyl (C=O) groups excluding carboxylic acids is 1. The van der Waals surface area contributed by atoms with Crippen LogP contribution in [0.25, 0.3) is 11.1 Å². The number of benzene rings is 2. The number of alkyl carbamates (subject to hydrolysis) is 1. The summed E-state index contributed by atoms with van der Waals surface area (Å²) in [6.07, 6.45) is 0.672. The maximum Gasteiger partial charge on any atom is 0.407 e. The lowest BCUT2D eigenvalue weighted by Crippen LogP contribution is -2.39. The molecule has 1 aliphatic rings. The largest absolute Gasteiger partial charge is 0.481 e. The molecule has 0 aliphatic heterocycles. The van der Waals surface area contributed by atoms with E-state index in [0.29, 0.717) is 12.8 Å². The summed E-state index contributed by atoms with van der Waals surface area (Å²) in [5.41, 5.74) is 4.74. The molecule has 2 aromatic carbocycles.